The van der Waals surface area contributed by atoms with Crippen molar-refractivity contribution >= 4 is 46.0 Å². The molecule has 2 aromatic carbocycles. The molecule has 1 fully saturated rings. The van der Waals surface area contributed by atoms with Crippen molar-refractivity contribution in [1.29, 1.82) is 0 Å². The minimum Gasteiger partial charge on any atom is -0.351 e. The molecule has 4 rings (SSSR count). The van der Waals surface area contributed by atoms with Crippen LogP contribution in [0.1, 0.15) is 18.1 Å². The highest BCUT2D eigenvalue weighted by molar-refractivity contribution is 6.30. The first-order valence-corrected chi connectivity index (χ1v) is 10.5. The van der Waals surface area contributed by atoms with Crippen LogP contribution in [0.5, 0.6) is 0 Å². The van der Waals surface area contributed by atoms with Gasteiger partial charge in [-0.1, -0.05) is 23.7 Å². The standard InChI is InChI=1S/C24H25ClN4O/c1-16-12-23(29-11-10-26-15-17(29)2)28-22-8-7-20(14-21(16)22)27-24(30)9-6-18-4-3-5-19(25)13-18/h3-9,12-14,17,26H,10-11,15H2,1-2H3,(H,27,30). The summed E-state index contributed by atoms with van der Waals surface area (Å²) in [5.74, 6) is 0.821. The largest absolute Gasteiger partial charge is 0.351 e. The number of benzene rings is 2. The average Bonchev–Trinajstić information content (AvgIpc) is 2.73. The van der Waals surface area contributed by atoms with Crippen molar-refractivity contribution in [2.75, 3.05) is 29.9 Å². The molecule has 0 spiro atoms. The number of fused-ring (bicyclic) bond motifs is 1. The molecule has 0 aliphatic carbocycles. The maximum atomic E-state index is 12.3. The van der Waals surface area contributed by atoms with Crippen LogP contribution in [0.3, 0.4) is 0 Å². The molecule has 30 heavy (non-hydrogen) atoms. The van der Waals surface area contributed by atoms with E-state index in [1.807, 2.05) is 36.4 Å². The summed E-state index contributed by atoms with van der Waals surface area (Å²) in [4.78, 5) is 19.5. The van der Waals surface area contributed by atoms with Crippen LogP contribution in [-0.2, 0) is 4.79 Å². The molecular formula is C24H25ClN4O. The van der Waals surface area contributed by atoms with Crippen molar-refractivity contribution in [2.24, 2.45) is 0 Å². The van der Waals surface area contributed by atoms with Crippen LogP contribution in [-0.4, -0.2) is 36.6 Å². The van der Waals surface area contributed by atoms with E-state index in [-0.39, 0.29) is 5.91 Å². The summed E-state index contributed by atoms with van der Waals surface area (Å²) in [6, 6.07) is 15.8. The highest BCUT2D eigenvalue weighted by Gasteiger charge is 2.20. The Hall–Kier alpha value is -2.89. The smallest absolute Gasteiger partial charge is 0.248 e. The number of hydrogen-bond donors (Lipinski definition) is 2. The number of amides is 1. The number of aromatic nitrogens is 1. The molecule has 0 bridgehead atoms. The van der Waals surface area contributed by atoms with Crippen LogP contribution in [0.25, 0.3) is 17.0 Å². The molecule has 0 radical (unpaired) electrons. The van der Waals surface area contributed by atoms with Crippen molar-refractivity contribution in [3.63, 3.8) is 0 Å². The molecule has 1 aromatic heterocycles. The van der Waals surface area contributed by atoms with Gasteiger partial charge in [0.25, 0.3) is 0 Å². The topological polar surface area (TPSA) is 57.3 Å². The number of hydrogen-bond acceptors (Lipinski definition) is 4. The molecule has 0 saturated carbocycles. The molecule has 2 N–H and O–H groups in total. The second-order valence-corrected chi connectivity index (χ2v) is 8.09. The number of anilines is 2. The Morgan fingerprint density at radius 3 is 2.93 bits per heavy atom. The molecule has 1 aliphatic heterocycles. The molecule has 1 aliphatic rings. The van der Waals surface area contributed by atoms with Gasteiger partial charge in [0.15, 0.2) is 0 Å². The number of nitrogens with zero attached hydrogens (tertiary/aromatic N) is 2. The number of aryl methyl sites for hydroxylation is 1. The number of pyridine rings is 1. The van der Waals surface area contributed by atoms with Gasteiger partial charge in [-0.3, -0.25) is 4.79 Å². The predicted octanol–water partition coefficient (Wildman–Crippen LogP) is 4.65. The summed E-state index contributed by atoms with van der Waals surface area (Å²) >= 11 is 5.98. The van der Waals surface area contributed by atoms with Gasteiger partial charge in [-0.2, -0.15) is 0 Å². The van der Waals surface area contributed by atoms with Gasteiger partial charge in [0.05, 0.1) is 5.52 Å². The Balaban J connectivity index is 1.52. The SMILES string of the molecule is Cc1cc(N2CCNCC2C)nc2ccc(NC(=O)C=Cc3cccc(Cl)c3)cc12. The van der Waals surface area contributed by atoms with E-state index >= 15 is 0 Å². The minimum absolute atomic E-state index is 0.189. The Morgan fingerprint density at radius 2 is 2.13 bits per heavy atom. The van der Waals surface area contributed by atoms with E-state index in [1.165, 1.54) is 6.08 Å². The van der Waals surface area contributed by atoms with Gasteiger partial charge in [-0.05, 0) is 67.4 Å². The summed E-state index contributed by atoms with van der Waals surface area (Å²) in [5, 5.41) is 8.02. The van der Waals surface area contributed by atoms with Crippen LogP contribution in [0, 0.1) is 6.92 Å². The Kier molecular flexibility index (Phi) is 6.02. The Labute approximate surface area is 181 Å². The fourth-order valence-electron chi connectivity index (χ4n) is 3.75. The maximum Gasteiger partial charge on any atom is 0.248 e. The van der Waals surface area contributed by atoms with Crippen molar-refractivity contribution in [3.05, 3.63) is 70.8 Å². The summed E-state index contributed by atoms with van der Waals surface area (Å²) < 4.78 is 0. The lowest BCUT2D eigenvalue weighted by atomic mass is 10.1. The molecule has 2 heterocycles. The number of piperazine rings is 1. The second-order valence-electron chi connectivity index (χ2n) is 7.65. The summed E-state index contributed by atoms with van der Waals surface area (Å²) in [5.41, 5.74) is 3.71. The number of nitrogens with one attached hydrogen (secondary N) is 2. The lowest BCUT2D eigenvalue weighted by Gasteiger charge is -2.35. The molecule has 1 amide bonds. The zero-order valence-corrected chi connectivity index (χ0v) is 17.9. The van der Waals surface area contributed by atoms with E-state index in [2.05, 4.69) is 35.4 Å². The first-order valence-electron chi connectivity index (χ1n) is 10.1. The fourth-order valence-corrected chi connectivity index (χ4v) is 3.95. The number of carbonyl (C=O) groups excluding carboxylic acids is 1. The van der Waals surface area contributed by atoms with E-state index in [1.54, 1.807) is 12.1 Å². The third-order valence-corrected chi connectivity index (χ3v) is 5.58. The minimum atomic E-state index is -0.189. The molecule has 1 saturated heterocycles. The van der Waals surface area contributed by atoms with Crippen molar-refractivity contribution < 1.29 is 4.79 Å². The highest BCUT2D eigenvalue weighted by Crippen LogP contribution is 2.26. The zero-order valence-electron chi connectivity index (χ0n) is 17.2. The number of carbonyl (C=O) groups is 1. The normalized spacial score (nSPS) is 16.9. The summed E-state index contributed by atoms with van der Waals surface area (Å²) in [6.07, 6.45) is 3.26. The van der Waals surface area contributed by atoms with Crippen LogP contribution in [0.4, 0.5) is 11.5 Å². The van der Waals surface area contributed by atoms with Gasteiger partial charge in [-0.15, -0.1) is 0 Å². The van der Waals surface area contributed by atoms with Gasteiger partial charge in [-0.25, -0.2) is 4.98 Å². The third kappa shape index (κ3) is 4.64. The second kappa shape index (κ2) is 8.86. The monoisotopic (exact) mass is 420 g/mol. The molecular weight excluding hydrogens is 396 g/mol. The quantitative estimate of drug-likeness (QED) is 0.603. The Morgan fingerprint density at radius 1 is 1.27 bits per heavy atom. The van der Waals surface area contributed by atoms with Crippen molar-refractivity contribution in [2.45, 2.75) is 19.9 Å². The van der Waals surface area contributed by atoms with Gasteiger partial charge < -0.3 is 15.5 Å². The average molecular weight is 421 g/mol. The van der Waals surface area contributed by atoms with Gasteiger partial charge >= 0.3 is 0 Å². The van der Waals surface area contributed by atoms with Crippen molar-refractivity contribution in [1.82, 2.24) is 10.3 Å². The summed E-state index contributed by atoms with van der Waals surface area (Å²) in [7, 11) is 0. The van der Waals surface area contributed by atoms with Crippen LogP contribution >= 0.6 is 11.6 Å². The molecule has 3 aromatic rings. The van der Waals surface area contributed by atoms with Crippen molar-refractivity contribution in [3.8, 4) is 0 Å². The predicted molar refractivity (Wildman–Crippen MR) is 125 cm³/mol. The lowest BCUT2D eigenvalue weighted by Crippen LogP contribution is -2.50. The first-order chi connectivity index (χ1) is 14.5. The molecule has 1 atom stereocenters. The molecule has 6 heteroatoms. The summed E-state index contributed by atoms with van der Waals surface area (Å²) in [6.45, 7) is 7.18. The van der Waals surface area contributed by atoms with Gasteiger partial charge in [0.2, 0.25) is 5.91 Å². The lowest BCUT2D eigenvalue weighted by molar-refractivity contribution is -0.111. The Bertz CT molecular complexity index is 1110. The van der Waals surface area contributed by atoms with E-state index in [0.717, 1.165) is 53.2 Å². The molecule has 154 valence electrons. The fraction of sp³-hybridized carbons (Fsp3) is 0.250. The molecule has 1 unspecified atom stereocenters. The zero-order chi connectivity index (χ0) is 21.1. The van der Waals surface area contributed by atoms with E-state index in [0.29, 0.717) is 11.1 Å². The maximum absolute atomic E-state index is 12.3. The first kappa shape index (κ1) is 20.4. The van der Waals surface area contributed by atoms with E-state index < -0.39 is 0 Å². The molecule has 5 nitrogen and oxygen atoms in total. The van der Waals surface area contributed by atoms with E-state index in [9.17, 15) is 4.79 Å². The van der Waals surface area contributed by atoms with E-state index in [4.69, 9.17) is 16.6 Å². The number of halogens is 1. The van der Waals surface area contributed by atoms with Crippen LogP contribution in [0.2, 0.25) is 5.02 Å². The van der Waals surface area contributed by atoms with Gasteiger partial charge in [0, 0.05) is 47.8 Å². The third-order valence-electron chi connectivity index (χ3n) is 5.34. The number of rotatable bonds is 4. The van der Waals surface area contributed by atoms with Crippen LogP contribution in [0.15, 0.2) is 54.6 Å². The highest BCUT2D eigenvalue weighted by atomic mass is 35.5. The van der Waals surface area contributed by atoms with Gasteiger partial charge in [0.1, 0.15) is 5.82 Å². The van der Waals surface area contributed by atoms with Crippen LogP contribution < -0.4 is 15.5 Å².